The highest BCUT2D eigenvalue weighted by atomic mass is 19.1. The van der Waals surface area contributed by atoms with E-state index in [1.165, 1.54) is 6.07 Å². The molecular weight excluding hydrogens is 279 g/mol. The Morgan fingerprint density at radius 2 is 2.09 bits per heavy atom. The third kappa shape index (κ3) is 3.49. The molecule has 1 N–H and O–H groups in total. The maximum atomic E-state index is 13.2. The quantitative estimate of drug-likeness (QED) is 0.927. The Bertz CT molecular complexity index is 522. The van der Waals surface area contributed by atoms with Crippen LogP contribution < -0.4 is 5.32 Å². The second-order valence-corrected chi connectivity index (χ2v) is 6.81. The van der Waals surface area contributed by atoms with Crippen molar-refractivity contribution in [1.29, 1.82) is 0 Å². The molecule has 1 aromatic carbocycles. The summed E-state index contributed by atoms with van der Waals surface area (Å²) >= 11 is 0. The molecule has 0 spiro atoms. The topological polar surface area (TPSA) is 32.3 Å². The highest BCUT2D eigenvalue weighted by molar-refractivity contribution is 5.79. The molecule has 2 aliphatic rings. The van der Waals surface area contributed by atoms with Crippen LogP contribution in [0.4, 0.5) is 4.39 Å². The van der Waals surface area contributed by atoms with E-state index in [2.05, 4.69) is 12.2 Å². The second-order valence-electron chi connectivity index (χ2n) is 6.81. The van der Waals surface area contributed by atoms with E-state index in [9.17, 15) is 9.18 Å². The standard InChI is InChI=1S/C18H25FN2O/c1-13(16-11-20-12-16)18(22)21-7-5-14(6-8-21)9-15-3-2-4-17(19)10-15/h2-4,10,13-14,16,20H,5-9,11-12H2,1H3. The van der Waals surface area contributed by atoms with Crippen LogP contribution in [0.25, 0.3) is 0 Å². The molecular formula is C18H25FN2O. The Kier molecular flexibility index (Phi) is 4.77. The molecule has 2 aliphatic heterocycles. The molecule has 120 valence electrons. The van der Waals surface area contributed by atoms with Gasteiger partial charge in [0.05, 0.1) is 0 Å². The zero-order valence-electron chi connectivity index (χ0n) is 13.2. The van der Waals surface area contributed by atoms with Crippen LogP contribution in [-0.2, 0) is 11.2 Å². The van der Waals surface area contributed by atoms with E-state index in [1.807, 2.05) is 11.0 Å². The number of nitrogens with one attached hydrogen (secondary N) is 1. The third-order valence-electron chi connectivity index (χ3n) is 5.25. The van der Waals surface area contributed by atoms with Crippen molar-refractivity contribution < 1.29 is 9.18 Å². The summed E-state index contributed by atoms with van der Waals surface area (Å²) in [5.41, 5.74) is 1.07. The van der Waals surface area contributed by atoms with Crippen LogP contribution in [0.15, 0.2) is 24.3 Å². The average molecular weight is 304 g/mol. The fourth-order valence-corrected chi connectivity index (χ4v) is 3.51. The molecule has 1 unspecified atom stereocenters. The van der Waals surface area contributed by atoms with Gasteiger partial charge < -0.3 is 10.2 Å². The number of nitrogens with zero attached hydrogens (tertiary/aromatic N) is 1. The lowest BCUT2D eigenvalue weighted by molar-refractivity contribution is -0.138. The van der Waals surface area contributed by atoms with Crippen LogP contribution >= 0.6 is 0 Å². The number of hydrogen-bond acceptors (Lipinski definition) is 2. The van der Waals surface area contributed by atoms with Gasteiger partial charge in [0.1, 0.15) is 5.82 Å². The van der Waals surface area contributed by atoms with Crippen molar-refractivity contribution in [2.24, 2.45) is 17.8 Å². The van der Waals surface area contributed by atoms with E-state index in [-0.39, 0.29) is 11.7 Å². The van der Waals surface area contributed by atoms with Crippen molar-refractivity contribution in [2.45, 2.75) is 26.2 Å². The monoisotopic (exact) mass is 304 g/mol. The number of benzene rings is 1. The van der Waals surface area contributed by atoms with Crippen molar-refractivity contribution >= 4 is 5.91 Å². The van der Waals surface area contributed by atoms with E-state index in [1.54, 1.807) is 12.1 Å². The molecule has 0 aromatic heterocycles. The second kappa shape index (κ2) is 6.78. The number of amides is 1. The van der Waals surface area contributed by atoms with Crippen molar-refractivity contribution in [3.8, 4) is 0 Å². The maximum Gasteiger partial charge on any atom is 0.225 e. The lowest BCUT2D eigenvalue weighted by atomic mass is 9.86. The highest BCUT2D eigenvalue weighted by Gasteiger charge is 2.33. The highest BCUT2D eigenvalue weighted by Crippen LogP contribution is 2.25. The summed E-state index contributed by atoms with van der Waals surface area (Å²) in [4.78, 5) is 14.5. The van der Waals surface area contributed by atoms with Crippen molar-refractivity contribution in [1.82, 2.24) is 10.2 Å². The minimum atomic E-state index is -0.159. The van der Waals surface area contributed by atoms with E-state index in [4.69, 9.17) is 0 Å². The summed E-state index contributed by atoms with van der Waals surface area (Å²) in [7, 11) is 0. The minimum Gasteiger partial charge on any atom is -0.342 e. The van der Waals surface area contributed by atoms with Gasteiger partial charge in [-0.05, 0) is 61.9 Å². The number of piperidine rings is 1. The fourth-order valence-electron chi connectivity index (χ4n) is 3.51. The minimum absolute atomic E-state index is 0.140. The number of carbonyl (C=O) groups excluding carboxylic acids is 1. The molecule has 2 saturated heterocycles. The van der Waals surface area contributed by atoms with E-state index >= 15 is 0 Å². The Morgan fingerprint density at radius 3 is 2.68 bits per heavy atom. The van der Waals surface area contributed by atoms with Crippen LogP contribution in [0.1, 0.15) is 25.3 Å². The van der Waals surface area contributed by atoms with Gasteiger partial charge in [-0.15, -0.1) is 0 Å². The van der Waals surface area contributed by atoms with Gasteiger partial charge in [0.25, 0.3) is 0 Å². The van der Waals surface area contributed by atoms with Crippen LogP contribution in [0, 0.1) is 23.6 Å². The van der Waals surface area contributed by atoms with Gasteiger partial charge in [-0.25, -0.2) is 4.39 Å². The zero-order valence-corrected chi connectivity index (χ0v) is 13.2. The molecule has 0 saturated carbocycles. The summed E-state index contributed by atoms with van der Waals surface area (Å²) in [6.45, 7) is 5.71. The molecule has 2 heterocycles. The zero-order chi connectivity index (χ0) is 15.5. The summed E-state index contributed by atoms with van der Waals surface area (Å²) < 4.78 is 13.2. The van der Waals surface area contributed by atoms with Gasteiger partial charge in [0.2, 0.25) is 5.91 Å². The lowest BCUT2D eigenvalue weighted by Gasteiger charge is -2.38. The molecule has 22 heavy (non-hydrogen) atoms. The maximum absolute atomic E-state index is 13.2. The number of halogens is 1. The normalized spacial score (nSPS) is 21.5. The Balaban J connectivity index is 1.48. The van der Waals surface area contributed by atoms with Gasteiger partial charge >= 0.3 is 0 Å². The Hall–Kier alpha value is -1.42. The summed E-state index contributed by atoms with van der Waals surface area (Å²) in [6.07, 6.45) is 2.97. The Morgan fingerprint density at radius 1 is 1.36 bits per heavy atom. The first-order valence-corrected chi connectivity index (χ1v) is 8.37. The molecule has 0 bridgehead atoms. The predicted octanol–water partition coefficient (Wildman–Crippen LogP) is 2.46. The first-order valence-electron chi connectivity index (χ1n) is 8.37. The smallest absolute Gasteiger partial charge is 0.225 e. The number of carbonyl (C=O) groups is 1. The molecule has 3 rings (SSSR count). The molecule has 1 amide bonds. The van der Waals surface area contributed by atoms with Gasteiger partial charge in [-0.3, -0.25) is 4.79 Å². The predicted molar refractivity (Wildman–Crippen MR) is 84.9 cm³/mol. The first kappa shape index (κ1) is 15.5. The SMILES string of the molecule is CC(C(=O)N1CCC(Cc2cccc(F)c2)CC1)C1CNC1. The van der Waals surface area contributed by atoms with Gasteiger partial charge in [0.15, 0.2) is 0 Å². The van der Waals surface area contributed by atoms with Crippen LogP contribution in [0.3, 0.4) is 0 Å². The van der Waals surface area contributed by atoms with Crippen molar-refractivity contribution in [2.75, 3.05) is 26.2 Å². The molecule has 3 nitrogen and oxygen atoms in total. The largest absolute Gasteiger partial charge is 0.342 e. The van der Waals surface area contributed by atoms with E-state index in [0.29, 0.717) is 17.7 Å². The Labute approximate surface area is 131 Å². The fraction of sp³-hybridized carbons (Fsp3) is 0.611. The summed E-state index contributed by atoms with van der Waals surface area (Å²) in [6, 6.07) is 6.88. The van der Waals surface area contributed by atoms with E-state index in [0.717, 1.165) is 51.0 Å². The molecule has 4 heteroatoms. The summed E-state index contributed by atoms with van der Waals surface area (Å²) in [5, 5.41) is 3.24. The molecule has 0 aliphatic carbocycles. The molecule has 0 radical (unpaired) electrons. The van der Waals surface area contributed by atoms with Crippen LogP contribution in [0.2, 0.25) is 0 Å². The van der Waals surface area contributed by atoms with Crippen molar-refractivity contribution in [3.63, 3.8) is 0 Å². The third-order valence-corrected chi connectivity index (χ3v) is 5.25. The molecule has 2 fully saturated rings. The molecule has 1 atom stereocenters. The molecule has 1 aromatic rings. The first-order chi connectivity index (χ1) is 10.6. The lowest BCUT2D eigenvalue weighted by Crippen LogP contribution is -2.51. The number of hydrogen-bond donors (Lipinski definition) is 1. The average Bonchev–Trinajstić information content (AvgIpc) is 2.45. The van der Waals surface area contributed by atoms with Gasteiger partial charge in [-0.2, -0.15) is 0 Å². The van der Waals surface area contributed by atoms with Crippen molar-refractivity contribution in [3.05, 3.63) is 35.6 Å². The summed E-state index contributed by atoms with van der Waals surface area (Å²) in [5.74, 6) is 1.37. The van der Waals surface area contributed by atoms with Crippen LogP contribution in [-0.4, -0.2) is 37.0 Å². The number of rotatable bonds is 4. The van der Waals surface area contributed by atoms with E-state index < -0.39 is 0 Å². The van der Waals surface area contributed by atoms with Gasteiger partial charge in [-0.1, -0.05) is 19.1 Å². The van der Waals surface area contributed by atoms with Gasteiger partial charge in [0, 0.05) is 19.0 Å². The van der Waals surface area contributed by atoms with Crippen LogP contribution in [0.5, 0.6) is 0 Å². The number of likely N-dealkylation sites (tertiary alicyclic amines) is 1.